The van der Waals surface area contributed by atoms with Gasteiger partial charge in [-0.2, -0.15) is 0 Å². The Morgan fingerprint density at radius 2 is 2.00 bits per heavy atom. The van der Waals surface area contributed by atoms with Crippen LogP contribution in [0.2, 0.25) is 0 Å². The number of rotatable bonds is 1. The van der Waals surface area contributed by atoms with Crippen molar-refractivity contribution in [3.63, 3.8) is 0 Å². The van der Waals surface area contributed by atoms with E-state index in [4.69, 9.17) is 0 Å². The van der Waals surface area contributed by atoms with Crippen molar-refractivity contribution in [2.75, 3.05) is 19.6 Å². The van der Waals surface area contributed by atoms with E-state index in [0.29, 0.717) is 11.5 Å². The standard InChI is InChI=1S/C15H26N2O/c1-12-15(7-2-9-16-11-15)8-10-17(12)13-3-5-14(18)6-4-13/h13-14,16,18H,1-11H2. The summed E-state index contributed by atoms with van der Waals surface area (Å²) in [7, 11) is 0. The van der Waals surface area contributed by atoms with Crippen molar-refractivity contribution in [1.82, 2.24) is 10.2 Å². The van der Waals surface area contributed by atoms with E-state index in [1.54, 1.807) is 0 Å². The summed E-state index contributed by atoms with van der Waals surface area (Å²) in [5.41, 5.74) is 1.74. The van der Waals surface area contributed by atoms with Gasteiger partial charge in [-0.25, -0.2) is 0 Å². The van der Waals surface area contributed by atoms with Gasteiger partial charge in [0.05, 0.1) is 6.10 Å². The molecular weight excluding hydrogens is 224 g/mol. The minimum absolute atomic E-state index is 0.0533. The second kappa shape index (κ2) is 4.86. The van der Waals surface area contributed by atoms with Crippen LogP contribution in [0.1, 0.15) is 44.9 Å². The lowest BCUT2D eigenvalue weighted by Gasteiger charge is -2.40. The van der Waals surface area contributed by atoms with Gasteiger partial charge >= 0.3 is 0 Å². The Kier molecular flexibility index (Phi) is 3.37. The van der Waals surface area contributed by atoms with Crippen LogP contribution in [0.25, 0.3) is 0 Å². The van der Waals surface area contributed by atoms with Crippen molar-refractivity contribution in [3.05, 3.63) is 12.3 Å². The van der Waals surface area contributed by atoms with Gasteiger partial charge in [0.25, 0.3) is 0 Å². The van der Waals surface area contributed by atoms with Crippen LogP contribution < -0.4 is 5.32 Å². The molecule has 0 aromatic carbocycles. The highest BCUT2D eigenvalue weighted by Gasteiger charge is 2.44. The van der Waals surface area contributed by atoms with Gasteiger partial charge in [-0.3, -0.25) is 0 Å². The van der Waals surface area contributed by atoms with E-state index in [-0.39, 0.29) is 6.10 Å². The molecule has 1 saturated carbocycles. The second-order valence-corrected chi connectivity index (χ2v) is 6.41. The van der Waals surface area contributed by atoms with Crippen LogP contribution in [0.5, 0.6) is 0 Å². The van der Waals surface area contributed by atoms with Gasteiger partial charge in [-0.15, -0.1) is 0 Å². The topological polar surface area (TPSA) is 35.5 Å². The summed E-state index contributed by atoms with van der Waals surface area (Å²) in [5, 5.41) is 13.2. The molecule has 0 aromatic heterocycles. The van der Waals surface area contributed by atoms with Crippen molar-refractivity contribution < 1.29 is 5.11 Å². The van der Waals surface area contributed by atoms with Gasteiger partial charge in [-0.05, 0) is 51.5 Å². The van der Waals surface area contributed by atoms with Crippen molar-refractivity contribution in [2.24, 2.45) is 5.41 Å². The lowest BCUT2D eigenvalue weighted by Crippen LogP contribution is -2.42. The molecule has 3 aliphatic rings. The monoisotopic (exact) mass is 250 g/mol. The van der Waals surface area contributed by atoms with E-state index in [1.165, 1.54) is 38.0 Å². The molecule has 1 spiro atoms. The van der Waals surface area contributed by atoms with Crippen molar-refractivity contribution in [3.8, 4) is 0 Å². The van der Waals surface area contributed by atoms with E-state index in [9.17, 15) is 5.11 Å². The third-order valence-electron chi connectivity index (χ3n) is 5.37. The first kappa shape index (κ1) is 12.5. The predicted molar refractivity (Wildman–Crippen MR) is 73.3 cm³/mol. The van der Waals surface area contributed by atoms with E-state index >= 15 is 0 Å². The van der Waals surface area contributed by atoms with Gasteiger partial charge in [-0.1, -0.05) is 6.58 Å². The number of aliphatic hydroxyl groups is 1. The number of hydrogen-bond acceptors (Lipinski definition) is 3. The smallest absolute Gasteiger partial charge is 0.0541 e. The molecule has 1 unspecified atom stereocenters. The molecule has 2 aliphatic heterocycles. The number of piperidine rings is 1. The summed E-state index contributed by atoms with van der Waals surface area (Å²) in [6, 6.07) is 0.641. The normalized spacial score (nSPS) is 41.6. The number of hydrogen-bond donors (Lipinski definition) is 2. The number of aliphatic hydroxyl groups excluding tert-OH is 1. The molecule has 18 heavy (non-hydrogen) atoms. The maximum atomic E-state index is 9.63. The molecule has 3 rings (SSSR count). The summed E-state index contributed by atoms with van der Waals surface area (Å²) in [6.45, 7) is 7.91. The molecule has 0 bridgehead atoms. The minimum Gasteiger partial charge on any atom is -0.393 e. The average molecular weight is 250 g/mol. The first-order valence-electron chi connectivity index (χ1n) is 7.56. The van der Waals surface area contributed by atoms with Crippen LogP contribution in [-0.4, -0.2) is 41.8 Å². The average Bonchev–Trinajstić information content (AvgIpc) is 2.70. The molecule has 2 saturated heterocycles. The molecule has 3 heteroatoms. The van der Waals surface area contributed by atoms with E-state index in [0.717, 1.165) is 32.2 Å². The zero-order chi connectivity index (χ0) is 12.6. The molecule has 2 heterocycles. The molecule has 1 atom stereocenters. The molecule has 0 radical (unpaired) electrons. The Hall–Kier alpha value is -0.540. The zero-order valence-electron chi connectivity index (χ0n) is 11.3. The molecular formula is C15H26N2O. The van der Waals surface area contributed by atoms with Crippen molar-refractivity contribution >= 4 is 0 Å². The number of likely N-dealkylation sites (tertiary alicyclic amines) is 1. The number of nitrogens with one attached hydrogen (secondary N) is 1. The Morgan fingerprint density at radius 3 is 2.67 bits per heavy atom. The third-order valence-corrected chi connectivity index (χ3v) is 5.37. The highest BCUT2D eigenvalue weighted by atomic mass is 16.3. The minimum atomic E-state index is -0.0533. The molecule has 1 aliphatic carbocycles. The fourth-order valence-electron chi connectivity index (χ4n) is 4.12. The van der Waals surface area contributed by atoms with E-state index < -0.39 is 0 Å². The predicted octanol–water partition coefficient (Wildman–Crippen LogP) is 1.88. The van der Waals surface area contributed by atoms with E-state index in [2.05, 4.69) is 16.8 Å². The van der Waals surface area contributed by atoms with Crippen molar-refractivity contribution in [2.45, 2.75) is 57.1 Å². The molecule has 0 aromatic rings. The molecule has 3 fully saturated rings. The summed E-state index contributed by atoms with van der Waals surface area (Å²) in [5.74, 6) is 0. The zero-order valence-corrected chi connectivity index (χ0v) is 11.3. The largest absolute Gasteiger partial charge is 0.393 e. The highest BCUT2D eigenvalue weighted by molar-refractivity contribution is 5.18. The summed E-state index contributed by atoms with van der Waals surface area (Å²) in [4.78, 5) is 2.57. The van der Waals surface area contributed by atoms with Gasteiger partial charge in [0.1, 0.15) is 0 Å². The highest BCUT2D eigenvalue weighted by Crippen LogP contribution is 2.46. The quantitative estimate of drug-likeness (QED) is 0.746. The summed E-state index contributed by atoms with van der Waals surface area (Å²) in [6.07, 6.45) is 8.05. The fourth-order valence-corrected chi connectivity index (χ4v) is 4.12. The van der Waals surface area contributed by atoms with Gasteiger partial charge in [0, 0.05) is 30.2 Å². The summed E-state index contributed by atoms with van der Waals surface area (Å²) < 4.78 is 0. The molecule has 3 nitrogen and oxygen atoms in total. The van der Waals surface area contributed by atoms with Crippen LogP contribution in [0.3, 0.4) is 0 Å². The van der Waals surface area contributed by atoms with Crippen LogP contribution in [0.15, 0.2) is 12.3 Å². The maximum Gasteiger partial charge on any atom is 0.0541 e. The molecule has 102 valence electrons. The van der Waals surface area contributed by atoms with Crippen molar-refractivity contribution in [1.29, 1.82) is 0 Å². The molecule has 2 N–H and O–H groups in total. The van der Waals surface area contributed by atoms with Gasteiger partial charge in [0.2, 0.25) is 0 Å². The third kappa shape index (κ3) is 2.08. The Balaban J connectivity index is 1.66. The lowest BCUT2D eigenvalue weighted by molar-refractivity contribution is 0.0900. The first-order chi connectivity index (χ1) is 8.71. The second-order valence-electron chi connectivity index (χ2n) is 6.41. The maximum absolute atomic E-state index is 9.63. The van der Waals surface area contributed by atoms with Gasteiger partial charge in [0.15, 0.2) is 0 Å². The summed E-state index contributed by atoms with van der Waals surface area (Å²) >= 11 is 0. The lowest BCUT2D eigenvalue weighted by atomic mass is 9.77. The van der Waals surface area contributed by atoms with Crippen LogP contribution in [0.4, 0.5) is 0 Å². The Bertz CT molecular complexity index is 314. The number of nitrogens with zero attached hydrogens (tertiary/aromatic N) is 1. The van der Waals surface area contributed by atoms with E-state index in [1.807, 2.05) is 0 Å². The Labute approximate surface area is 110 Å². The Morgan fingerprint density at radius 1 is 1.22 bits per heavy atom. The fraction of sp³-hybridized carbons (Fsp3) is 0.867. The van der Waals surface area contributed by atoms with Crippen LogP contribution in [-0.2, 0) is 0 Å². The SMILES string of the molecule is C=C1N(C2CCC(O)CC2)CCC12CCCNC2. The van der Waals surface area contributed by atoms with Gasteiger partial charge < -0.3 is 15.3 Å². The van der Waals surface area contributed by atoms with Crippen LogP contribution >= 0.6 is 0 Å². The first-order valence-corrected chi connectivity index (χ1v) is 7.56. The molecule has 0 amide bonds. The van der Waals surface area contributed by atoms with Crippen LogP contribution in [0, 0.1) is 5.41 Å².